The van der Waals surface area contributed by atoms with Gasteiger partial charge in [0.2, 0.25) is 5.88 Å². The Morgan fingerprint density at radius 1 is 1.13 bits per heavy atom. The molecule has 2 amide bonds. The number of fused-ring (bicyclic) bond motifs is 1. The highest BCUT2D eigenvalue weighted by atomic mass is 127. The van der Waals surface area contributed by atoms with Crippen molar-refractivity contribution in [3.05, 3.63) is 57.7 Å². The summed E-state index contributed by atoms with van der Waals surface area (Å²) >= 11 is 2.03. The number of esters is 1. The number of halogens is 1. The molecule has 3 aromatic rings. The third-order valence-electron chi connectivity index (χ3n) is 4.29. The first-order chi connectivity index (χ1) is 14.9. The number of hydrogen-bond donors (Lipinski definition) is 2. The Kier molecular flexibility index (Phi) is 7.34. The minimum absolute atomic E-state index is 0.0529. The first-order valence-electron chi connectivity index (χ1n) is 9.35. The number of rotatable bonds is 7. The molecule has 3 rings (SSSR count). The number of ether oxygens (including phenoxy) is 1. The zero-order valence-corrected chi connectivity index (χ0v) is 18.7. The van der Waals surface area contributed by atoms with Gasteiger partial charge in [0.25, 0.3) is 11.8 Å². The van der Waals surface area contributed by atoms with Crippen molar-refractivity contribution >= 4 is 57.0 Å². The van der Waals surface area contributed by atoms with E-state index in [0.29, 0.717) is 16.5 Å². The Balaban J connectivity index is 1.75. The summed E-state index contributed by atoms with van der Waals surface area (Å²) in [6.45, 7) is 1.34. The van der Waals surface area contributed by atoms with E-state index in [9.17, 15) is 19.5 Å². The smallest absolute Gasteiger partial charge is 0.326 e. The number of nitrogens with zero attached hydrogens (tertiary/aromatic N) is 3. The Morgan fingerprint density at radius 2 is 1.84 bits per heavy atom. The average Bonchev–Trinajstić information content (AvgIpc) is 3.02. The van der Waals surface area contributed by atoms with Crippen LogP contribution in [0.2, 0.25) is 0 Å². The molecule has 0 aliphatic carbocycles. The number of nitrogens with one attached hydrogen (secondary N) is 1. The third kappa shape index (κ3) is 5.26. The maximum absolute atomic E-state index is 12.2. The van der Waals surface area contributed by atoms with Crippen LogP contribution in [0.1, 0.15) is 17.3 Å². The number of benzene rings is 2. The van der Waals surface area contributed by atoms with E-state index in [2.05, 4.69) is 15.5 Å². The highest BCUT2D eigenvalue weighted by molar-refractivity contribution is 14.1. The Labute approximate surface area is 191 Å². The van der Waals surface area contributed by atoms with Gasteiger partial charge in [-0.1, -0.05) is 30.3 Å². The summed E-state index contributed by atoms with van der Waals surface area (Å²) in [5.74, 6) is -1.92. The van der Waals surface area contributed by atoms with Crippen molar-refractivity contribution in [2.75, 3.05) is 13.2 Å². The quantitative estimate of drug-likeness (QED) is 0.273. The molecule has 1 heterocycles. The molecule has 0 unspecified atom stereocenters. The first kappa shape index (κ1) is 22.4. The summed E-state index contributed by atoms with van der Waals surface area (Å²) in [7, 11) is 0. The topological polar surface area (TPSA) is 122 Å². The van der Waals surface area contributed by atoms with Gasteiger partial charge in [-0.2, -0.15) is 0 Å². The van der Waals surface area contributed by atoms with E-state index in [1.807, 2.05) is 28.7 Å². The second-order valence-corrected chi connectivity index (χ2v) is 7.50. The van der Waals surface area contributed by atoms with Gasteiger partial charge >= 0.3 is 5.97 Å². The van der Waals surface area contributed by atoms with Crippen molar-refractivity contribution in [3.63, 3.8) is 0 Å². The molecule has 31 heavy (non-hydrogen) atoms. The van der Waals surface area contributed by atoms with Crippen molar-refractivity contribution in [3.8, 4) is 5.88 Å². The lowest BCUT2D eigenvalue weighted by Crippen LogP contribution is -2.29. The molecule has 0 fully saturated rings. The number of carbonyl (C=O) groups is 3. The van der Waals surface area contributed by atoms with Crippen LogP contribution in [0.15, 0.2) is 58.8 Å². The van der Waals surface area contributed by atoms with Gasteiger partial charge in [0, 0.05) is 8.96 Å². The van der Waals surface area contributed by atoms with Crippen molar-refractivity contribution in [2.45, 2.75) is 13.5 Å². The maximum atomic E-state index is 12.2. The fourth-order valence-electron chi connectivity index (χ4n) is 2.90. The van der Waals surface area contributed by atoms with E-state index < -0.39 is 17.8 Å². The minimum Gasteiger partial charge on any atom is -0.493 e. The molecule has 160 valence electrons. The van der Waals surface area contributed by atoms with Crippen LogP contribution >= 0.6 is 22.6 Å². The molecule has 2 aromatic carbocycles. The standard InChI is InChI=1S/C21H19IN4O5/c1-2-31-18(28)12-26-16-10-6-4-8-14(16)19(21(26)30)25-24-17(27)11-23-20(29)13-7-3-5-9-15(13)22/h3-10,30H,2,11-12H2,1H3,(H,23,29). The Hall–Kier alpha value is -3.28. The van der Waals surface area contributed by atoms with E-state index in [-0.39, 0.29) is 31.3 Å². The maximum Gasteiger partial charge on any atom is 0.326 e. The van der Waals surface area contributed by atoms with E-state index in [0.717, 1.165) is 3.57 Å². The summed E-state index contributed by atoms with van der Waals surface area (Å²) in [4.78, 5) is 36.2. The second-order valence-electron chi connectivity index (χ2n) is 6.34. The fourth-order valence-corrected chi connectivity index (χ4v) is 3.54. The minimum atomic E-state index is -0.694. The number of aromatic nitrogens is 1. The third-order valence-corrected chi connectivity index (χ3v) is 5.23. The van der Waals surface area contributed by atoms with Gasteiger partial charge in [0.05, 0.1) is 17.7 Å². The predicted molar refractivity (Wildman–Crippen MR) is 121 cm³/mol. The van der Waals surface area contributed by atoms with Gasteiger partial charge in [0.15, 0.2) is 5.69 Å². The molecule has 0 aliphatic heterocycles. The summed E-state index contributed by atoms with van der Waals surface area (Å²) in [5.41, 5.74) is 1.05. The summed E-state index contributed by atoms with van der Waals surface area (Å²) < 4.78 is 7.03. The molecule has 9 nitrogen and oxygen atoms in total. The van der Waals surface area contributed by atoms with Crippen LogP contribution in [0.3, 0.4) is 0 Å². The molecule has 0 saturated carbocycles. The zero-order chi connectivity index (χ0) is 22.4. The molecule has 0 aliphatic rings. The molecule has 10 heteroatoms. The van der Waals surface area contributed by atoms with Crippen LogP contribution in [-0.4, -0.2) is 40.6 Å². The van der Waals surface area contributed by atoms with Crippen LogP contribution in [0, 0.1) is 3.57 Å². The SMILES string of the molecule is CCOC(=O)Cn1c(O)c(N=NC(=O)CNC(=O)c2ccccc2I)c2ccccc21. The van der Waals surface area contributed by atoms with Gasteiger partial charge in [-0.25, -0.2) is 0 Å². The van der Waals surface area contributed by atoms with Gasteiger partial charge in [-0.05, 0) is 47.7 Å². The number of para-hydroxylation sites is 1. The number of hydrogen-bond acceptors (Lipinski definition) is 6. The zero-order valence-electron chi connectivity index (χ0n) is 16.5. The molecule has 0 radical (unpaired) electrons. The van der Waals surface area contributed by atoms with Crippen LogP contribution in [0.4, 0.5) is 5.69 Å². The van der Waals surface area contributed by atoms with Gasteiger partial charge in [-0.3, -0.25) is 19.0 Å². The molecule has 2 N–H and O–H groups in total. The van der Waals surface area contributed by atoms with Crippen molar-refractivity contribution in [1.29, 1.82) is 0 Å². The highest BCUT2D eigenvalue weighted by Gasteiger charge is 2.19. The lowest BCUT2D eigenvalue weighted by Gasteiger charge is -2.06. The first-order valence-corrected chi connectivity index (χ1v) is 10.4. The van der Waals surface area contributed by atoms with Crippen LogP contribution in [0.5, 0.6) is 5.88 Å². The Morgan fingerprint density at radius 3 is 2.58 bits per heavy atom. The molecule has 1 aromatic heterocycles. The van der Waals surface area contributed by atoms with E-state index in [4.69, 9.17) is 4.74 Å². The lowest BCUT2D eigenvalue weighted by molar-refractivity contribution is -0.143. The van der Waals surface area contributed by atoms with Crippen molar-refractivity contribution < 1.29 is 24.2 Å². The normalized spacial score (nSPS) is 11.0. The summed E-state index contributed by atoms with van der Waals surface area (Å²) in [6, 6.07) is 13.8. The molecule has 0 bridgehead atoms. The lowest BCUT2D eigenvalue weighted by atomic mass is 10.2. The van der Waals surface area contributed by atoms with E-state index in [1.165, 1.54) is 4.57 Å². The molecule has 0 atom stereocenters. The average molecular weight is 534 g/mol. The number of azo groups is 1. The van der Waals surface area contributed by atoms with Gasteiger partial charge in [0.1, 0.15) is 13.1 Å². The Bertz CT molecular complexity index is 1170. The van der Waals surface area contributed by atoms with E-state index in [1.54, 1.807) is 49.4 Å². The van der Waals surface area contributed by atoms with Crippen LogP contribution in [-0.2, 0) is 20.9 Å². The molecular weight excluding hydrogens is 515 g/mol. The number of carbonyl (C=O) groups excluding carboxylic acids is 3. The largest absolute Gasteiger partial charge is 0.493 e. The summed E-state index contributed by atoms with van der Waals surface area (Å²) in [6.07, 6.45) is 0. The van der Waals surface area contributed by atoms with Crippen LogP contribution in [0.25, 0.3) is 10.9 Å². The van der Waals surface area contributed by atoms with Crippen molar-refractivity contribution in [1.82, 2.24) is 9.88 Å². The monoisotopic (exact) mass is 534 g/mol. The number of amides is 2. The van der Waals surface area contributed by atoms with Crippen molar-refractivity contribution in [2.24, 2.45) is 10.2 Å². The van der Waals surface area contributed by atoms with E-state index >= 15 is 0 Å². The second kappa shape index (κ2) is 10.2. The summed E-state index contributed by atoms with van der Waals surface area (Å²) in [5, 5.41) is 21.1. The predicted octanol–water partition coefficient (Wildman–Crippen LogP) is 3.55. The molecule has 0 saturated heterocycles. The van der Waals surface area contributed by atoms with Gasteiger partial charge in [-0.15, -0.1) is 10.2 Å². The molecule has 0 spiro atoms. The fraction of sp³-hybridized carbons (Fsp3) is 0.190. The number of aromatic hydroxyl groups is 1. The molecular formula is C21H19IN4O5. The van der Waals surface area contributed by atoms with Gasteiger partial charge < -0.3 is 15.2 Å². The highest BCUT2D eigenvalue weighted by Crippen LogP contribution is 2.38. The van der Waals surface area contributed by atoms with Crippen LogP contribution < -0.4 is 5.32 Å².